The van der Waals surface area contributed by atoms with E-state index in [4.69, 9.17) is 19.1 Å². The number of hydrogen-bond donors (Lipinski definition) is 2. The Kier molecular flexibility index (Phi) is 9.56. The monoisotopic (exact) mass is 597 g/mol. The van der Waals surface area contributed by atoms with Crippen LogP contribution in [-0.4, -0.2) is 30.2 Å². The lowest BCUT2D eigenvalue weighted by atomic mass is 9.71. The summed E-state index contributed by atoms with van der Waals surface area (Å²) in [5, 5.41) is 10.2. The summed E-state index contributed by atoms with van der Waals surface area (Å²) >= 11 is 2.81. The number of carbonyl (C=O) groups is 1. The number of methoxy groups -OCH3 is 1. The van der Waals surface area contributed by atoms with E-state index in [0.29, 0.717) is 22.8 Å². The molecule has 0 radical (unpaired) electrons. The van der Waals surface area contributed by atoms with Gasteiger partial charge in [0, 0.05) is 12.6 Å². The van der Waals surface area contributed by atoms with Gasteiger partial charge in [0.15, 0.2) is 0 Å². The standard InChI is InChI=1S/C30H33N3O4S2.H2S/c1-30(2)15-13-20(14-16-30)19-5-7-21(8-6-19)28-31-25-18-23(10-12-27(25)38-28)33(3)39-37-32-24-11-9-22(29(34)35)17-26(24)36-4;/h5-12,17-18,20,32H,13-16H2,1-4H3,(H,34,35);1H2. The number of nitrogens with one attached hydrogen (secondary N) is 1. The highest BCUT2D eigenvalue weighted by Gasteiger charge is 2.27. The fraction of sp³-hybridized carbons (Fsp3) is 0.333. The zero-order valence-corrected chi connectivity index (χ0v) is 25.7. The van der Waals surface area contributed by atoms with Gasteiger partial charge in [0.1, 0.15) is 28.7 Å². The fourth-order valence-corrected chi connectivity index (χ4v) is 6.33. The Morgan fingerprint density at radius 2 is 1.82 bits per heavy atom. The Morgan fingerprint density at radius 3 is 2.50 bits per heavy atom. The van der Waals surface area contributed by atoms with Gasteiger partial charge in [0.05, 0.1) is 28.6 Å². The van der Waals surface area contributed by atoms with Crippen molar-refractivity contribution in [1.82, 2.24) is 4.98 Å². The summed E-state index contributed by atoms with van der Waals surface area (Å²) in [6.07, 6.45) is 5.13. The largest absolute Gasteiger partial charge is 0.494 e. The van der Waals surface area contributed by atoms with Gasteiger partial charge >= 0.3 is 5.97 Å². The van der Waals surface area contributed by atoms with E-state index in [1.165, 1.54) is 50.5 Å². The van der Waals surface area contributed by atoms with Crippen LogP contribution in [0.3, 0.4) is 0 Å². The minimum absolute atomic E-state index is 0. The number of rotatable bonds is 9. The first-order chi connectivity index (χ1) is 18.7. The van der Waals surface area contributed by atoms with Crippen LogP contribution < -0.4 is 14.5 Å². The molecule has 1 aliphatic rings. The molecular weight excluding hydrogens is 563 g/mol. The molecule has 7 nitrogen and oxygen atoms in total. The third kappa shape index (κ3) is 6.86. The molecule has 10 heteroatoms. The molecule has 1 saturated carbocycles. The summed E-state index contributed by atoms with van der Waals surface area (Å²) in [7, 11) is 3.38. The second-order valence-corrected chi connectivity index (χ2v) is 12.6. The Hall–Kier alpha value is -2.92. The van der Waals surface area contributed by atoms with E-state index < -0.39 is 5.97 Å². The van der Waals surface area contributed by atoms with E-state index in [-0.39, 0.29) is 19.1 Å². The summed E-state index contributed by atoms with van der Waals surface area (Å²) < 4.78 is 13.9. The van der Waals surface area contributed by atoms with Gasteiger partial charge in [-0.05, 0) is 79.0 Å². The molecule has 1 aliphatic carbocycles. The van der Waals surface area contributed by atoms with Gasteiger partial charge in [-0.25, -0.2) is 15.3 Å². The zero-order valence-electron chi connectivity index (χ0n) is 23.1. The van der Waals surface area contributed by atoms with E-state index in [2.05, 4.69) is 49.7 Å². The topological polar surface area (TPSA) is 83.9 Å². The van der Waals surface area contributed by atoms with Crippen LogP contribution in [0.4, 0.5) is 11.4 Å². The van der Waals surface area contributed by atoms with E-state index in [1.807, 2.05) is 23.5 Å². The average molecular weight is 598 g/mol. The molecule has 40 heavy (non-hydrogen) atoms. The number of anilines is 2. The van der Waals surface area contributed by atoms with Crippen molar-refractivity contribution >= 4 is 64.6 Å². The average Bonchev–Trinajstić information content (AvgIpc) is 3.36. The van der Waals surface area contributed by atoms with Crippen LogP contribution in [0.5, 0.6) is 5.75 Å². The van der Waals surface area contributed by atoms with Crippen molar-refractivity contribution in [3.05, 3.63) is 71.8 Å². The molecule has 0 saturated heterocycles. The zero-order chi connectivity index (χ0) is 27.6. The smallest absolute Gasteiger partial charge is 0.335 e. The normalized spacial score (nSPS) is 14.9. The van der Waals surface area contributed by atoms with Gasteiger partial charge in [0.25, 0.3) is 0 Å². The van der Waals surface area contributed by atoms with Crippen LogP contribution in [-0.2, 0) is 4.28 Å². The number of benzene rings is 3. The minimum Gasteiger partial charge on any atom is -0.494 e. The Morgan fingerprint density at radius 1 is 1.10 bits per heavy atom. The third-order valence-corrected chi connectivity index (χ3v) is 9.13. The maximum Gasteiger partial charge on any atom is 0.335 e. The number of carboxylic acids is 1. The molecular formula is C30H35N3O4S3. The van der Waals surface area contributed by atoms with Crippen molar-refractivity contribution in [2.24, 2.45) is 5.41 Å². The quantitative estimate of drug-likeness (QED) is 0.113. The third-order valence-electron chi connectivity index (χ3n) is 7.45. The molecule has 5 rings (SSSR count). The molecule has 0 amide bonds. The fourth-order valence-electron chi connectivity index (χ4n) is 4.94. The van der Waals surface area contributed by atoms with Crippen molar-refractivity contribution in [1.29, 1.82) is 0 Å². The molecule has 1 fully saturated rings. The maximum atomic E-state index is 11.2. The second kappa shape index (κ2) is 12.7. The summed E-state index contributed by atoms with van der Waals surface area (Å²) in [5.74, 6) is 0.0290. The van der Waals surface area contributed by atoms with E-state index >= 15 is 0 Å². The molecule has 3 aromatic carbocycles. The molecule has 0 bridgehead atoms. The SMILES string of the molecule is COc1cc(C(=O)O)ccc1NOSN(C)c1ccc2sc(-c3ccc(C4CCC(C)(C)CC4)cc3)nc2c1.S. The molecule has 0 aliphatic heterocycles. The highest BCUT2D eigenvalue weighted by molar-refractivity contribution is 7.96. The maximum absolute atomic E-state index is 11.2. The Bertz CT molecular complexity index is 1460. The molecule has 0 unspecified atom stereocenters. The van der Waals surface area contributed by atoms with Gasteiger partial charge < -0.3 is 9.84 Å². The van der Waals surface area contributed by atoms with Gasteiger partial charge in [-0.3, -0.25) is 4.31 Å². The predicted octanol–water partition coefficient (Wildman–Crippen LogP) is 8.51. The lowest BCUT2D eigenvalue weighted by Crippen LogP contribution is -2.20. The van der Waals surface area contributed by atoms with Crippen LogP contribution in [0, 0.1) is 5.41 Å². The van der Waals surface area contributed by atoms with Gasteiger partial charge in [-0.1, -0.05) is 38.1 Å². The van der Waals surface area contributed by atoms with Crippen molar-refractivity contribution < 1.29 is 18.9 Å². The van der Waals surface area contributed by atoms with Crippen LogP contribution >= 0.6 is 37.1 Å². The first-order valence-corrected chi connectivity index (χ1v) is 14.5. The predicted molar refractivity (Wildman–Crippen MR) is 171 cm³/mol. The summed E-state index contributed by atoms with van der Waals surface area (Å²) in [6, 6.07) is 19.7. The van der Waals surface area contributed by atoms with Crippen molar-refractivity contribution in [2.75, 3.05) is 23.9 Å². The Balaban J connectivity index is 0.00000370. The van der Waals surface area contributed by atoms with Crippen LogP contribution in [0.25, 0.3) is 20.8 Å². The van der Waals surface area contributed by atoms with Crippen molar-refractivity contribution in [3.63, 3.8) is 0 Å². The molecule has 2 N–H and O–H groups in total. The molecule has 4 aromatic rings. The van der Waals surface area contributed by atoms with E-state index in [0.717, 1.165) is 38.7 Å². The van der Waals surface area contributed by atoms with E-state index in [9.17, 15) is 4.79 Å². The van der Waals surface area contributed by atoms with Crippen molar-refractivity contribution in [2.45, 2.75) is 45.4 Å². The summed E-state index contributed by atoms with van der Waals surface area (Å²) in [6.45, 7) is 4.76. The number of carboxylic acid groups (broad SMARTS) is 1. The first-order valence-electron chi connectivity index (χ1n) is 13.0. The summed E-state index contributed by atoms with van der Waals surface area (Å²) in [5.41, 5.74) is 8.44. The van der Waals surface area contributed by atoms with Gasteiger partial charge in [-0.2, -0.15) is 17.8 Å². The number of aromatic carboxylic acids is 1. The number of thiazole rings is 1. The molecule has 0 atom stereocenters. The van der Waals surface area contributed by atoms with Gasteiger partial charge in [-0.15, -0.1) is 11.3 Å². The van der Waals surface area contributed by atoms with Crippen LogP contribution in [0.2, 0.25) is 0 Å². The Labute approximate surface area is 250 Å². The van der Waals surface area contributed by atoms with Crippen LogP contribution in [0.1, 0.15) is 61.4 Å². The van der Waals surface area contributed by atoms with Crippen LogP contribution in [0.15, 0.2) is 60.7 Å². The molecule has 1 aromatic heterocycles. The second-order valence-electron chi connectivity index (χ2n) is 10.7. The minimum atomic E-state index is -1.02. The highest BCUT2D eigenvalue weighted by Crippen LogP contribution is 2.43. The lowest BCUT2D eigenvalue weighted by Gasteiger charge is -2.34. The molecule has 212 valence electrons. The first kappa shape index (κ1) is 30.0. The molecule has 1 heterocycles. The number of nitrogens with zero attached hydrogens (tertiary/aromatic N) is 2. The number of hydrogen-bond acceptors (Lipinski definition) is 8. The number of ether oxygens (including phenoxy) is 1. The highest BCUT2D eigenvalue weighted by atomic mass is 32.2. The molecule has 0 spiro atoms. The number of fused-ring (bicyclic) bond motifs is 1. The van der Waals surface area contributed by atoms with E-state index in [1.54, 1.807) is 17.4 Å². The summed E-state index contributed by atoms with van der Waals surface area (Å²) in [4.78, 5) is 16.1. The number of aromatic nitrogens is 1. The van der Waals surface area contributed by atoms with Gasteiger partial charge in [0.2, 0.25) is 0 Å². The lowest BCUT2D eigenvalue weighted by molar-refractivity contribution is 0.0696. The van der Waals surface area contributed by atoms with Crippen molar-refractivity contribution in [3.8, 4) is 16.3 Å².